The normalized spacial score (nSPS) is 12.8. The van der Waals surface area contributed by atoms with E-state index in [-0.39, 0.29) is 5.03 Å². The first-order valence-electron chi connectivity index (χ1n) is 12.0. The summed E-state index contributed by atoms with van der Waals surface area (Å²) in [5.41, 5.74) is 3.16. The number of carbonyl (C=O) groups is 1. The molecule has 0 saturated carbocycles. The topological polar surface area (TPSA) is 85.9 Å². The first-order valence-corrected chi connectivity index (χ1v) is 13.6. The van der Waals surface area contributed by atoms with Gasteiger partial charge < -0.3 is 30.1 Å². The Balaban J connectivity index is 1.65. The maximum Gasteiger partial charge on any atom is 0.266 e. The van der Waals surface area contributed by atoms with Gasteiger partial charge >= 0.3 is 0 Å². The summed E-state index contributed by atoms with van der Waals surface area (Å²) in [6.45, 7) is 6.64. The van der Waals surface area contributed by atoms with Crippen LogP contribution in [0.1, 0.15) is 10.4 Å². The minimum absolute atomic E-state index is 0.113. The number of fused-ring (bicyclic) bond motifs is 1. The van der Waals surface area contributed by atoms with E-state index in [2.05, 4.69) is 43.4 Å². The third-order valence-corrected chi connectivity index (χ3v) is 7.65. The average molecular weight is 577 g/mol. The van der Waals surface area contributed by atoms with Crippen LogP contribution < -0.4 is 25.2 Å². The number of ether oxygens (including phenoxy) is 1. The molecule has 0 spiro atoms. The third kappa shape index (κ3) is 6.50. The molecule has 0 saturated heterocycles. The number of thiophene rings is 1. The number of rotatable bonds is 10. The Bertz CT molecular complexity index is 1330. The van der Waals surface area contributed by atoms with Gasteiger partial charge in [0.25, 0.3) is 5.91 Å². The third-order valence-electron chi connectivity index (χ3n) is 6.19. The number of anilines is 5. The van der Waals surface area contributed by atoms with Crippen molar-refractivity contribution in [1.29, 1.82) is 0 Å². The second kappa shape index (κ2) is 12.2. The molecule has 2 aromatic heterocycles. The molecular formula is C26H31Cl2N7O2S. The Kier molecular flexibility index (Phi) is 8.99. The fourth-order valence-corrected chi connectivity index (χ4v) is 5.25. The van der Waals surface area contributed by atoms with Gasteiger partial charge in [-0.1, -0.05) is 29.8 Å². The fraction of sp³-hybridized carbons (Fsp3) is 0.346. The van der Waals surface area contributed by atoms with Crippen molar-refractivity contribution < 1.29 is 9.53 Å². The zero-order valence-corrected chi connectivity index (χ0v) is 24.2. The van der Waals surface area contributed by atoms with Gasteiger partial charge in [-0.05, 0) is 43.6 Å². The summed E-state index contributed by atoms with van der Waals surface area (Å²) >= 11 is 14.2. The summed E-state index contributed by atoms with van der Waals surface area (Å²) in [7, 11) is 7.54. The molecule has 0 aliphatic carbocycles. The van der Waals surface area contributed by atoms with Crippen molar-refractivity contribution in [3.05, 3.63) is 56.9 Å². The summed E-state index contributed by atoms with van der Waals surface area (Å²) in [4.78, 5) is 29.2. The van der Waals surface area contributed by atoms with E-state index in [9.17, 15) is 4.79 Å². The number of benzene rings is 1. The molecule has 0 atom stereocenters. The van der Waals surface area contributed by atoms with Crippen LogP contribution in [0.3, 0.4) is 0 Å². The zero-order chi connectivity index (χ0) is 27.4. The van der Waals surface area contributed by atoms with Crippen LogP contribution in [0, 0.1) is 0 Å². The number of nitrogens with one attached hydrogen (secondary N) is 2. The standard InChI is InChI=1S/C26H31Cl2N7O2S/c1-16(27)25(36)30-19-12-20(22(37-5)13-21(19)34(4)10-9-33(2)3)31-26-29-14-18(28)24(32-26)35-8-6-23-17(15-35)7-11-38-23/h7,11-14H,1,6,8-10,15H2,2-5H3,(H,30,36)(H,29,31,32). The molecule has 1 amide bonds. The van der Waals surface area contributed by atoms with Gasteiger partial charge in [-0.15, -0.1) is 11.3 Å². The minimum Gasteiger partial charge on any atom is -0.494 e. The van der Waals surface area contributed by atoms with Crippen molar-refractivity contribution >= 4 is 69.3 Å². The number of halogens is 2. The van der Waals surface area contributed by atoms with Crippen molar-refractivity contribution in [2.45, 2.75) is 13.0 Å². The van der Waals surface area contributed by atoms with Gasteiger partial charge in [0.2, 0.25) is 5.95 Å². The molecule has 0 unspecified atom stereocenters. The van der Waals surface area contributed by atoms with E-state index in [1.54, 1.807) is 30.7 Å². The number of hydrogen-bond acceptors (Lipinski definition) is 9. The molecule has 202 valence electrons. The van der Waals surface area contributed by atoms with E-state index in [0.717, 1.165) is 38.3 Å². The van der Waals surface area contributed by atoms with Crippen LogP contribution in [0.25, 0.3) is 0 Å². The summed E-state index contributed by atoms with van der Waals surface area (Å²) in [5, 5.41) is 8.57. The van der Waals surface area contributed by atoms with Gasteiger partial charge in [-0.3, -0.25) is 4.79 Å². The average Bonchev–Trinajstić information content (AvgIpc) is 3.36. The second-order valence-corrected chi connectivity index (χ2v) is 11.0. The molecule has 38 heavy (non-hydrogen) atoms. The van der Waals surface area contributed by atoms with Crippen LogP contribution in [0.5, 0.6) is 5.75 Å². The number of nitrogens with zero attached hydrogens (tertiary/aromatic N) is 5. The van der Waals surface area contributed by atoms with Crippen molar-refractivity contribution in [3.63, 3.8) is 0 Å². The molecule has 9 nitrogen and oxygen atoms in total. The molecule has 1 aliphatic heterocycles. The first-order chi connectivity index (χ1) is 18.2. The number of methoxy groups -OCH3 is 1. The van der Waals surface area contributed by atoms with Crippen LogP contribution in [0.4, 0.5) is 28.8 Å². The van der Waals surface area contributed by atoms with Crippen LogP contribution >= 0.6 is 34.5 Å². The van der Waals surface area contributed by atoms with Gasteiger partial charge in [0.05, 0.1) is 35.4 Å². The Hall–Kier alpha value is -3.05. The number of likely N-dealkylation sites (N-methyl/N-ethyl adjacent to an activating group) is 2. The van der Waals surface area contributed by atoms with E-state index in [1.807, 2.05) is 32.1 Å². The molecule has 12 heteroatoms. The summed E-state index contributed by atoms with van der Waals surface area (Å²) in [6.07, 6.45) is 2.53. The zero-order valence-electron chi connectivity index (χ0n) is 21.8. The predicted octanol–water partition coefficient (Wildman–Crippen LogP) is 5.20. The molecule has 0 bridgehead atoms. The minimum atomic E-state index is -0.493. The van der Waals surface area contributed by atoms with Crippen LogP contribution in [0.2, 0.25) is 5.02 Å². The molecule has 1 aromatic carbocycles. The molecule has 2 N–H and O–H groups in total. The maximum absolute atomic E-state index is 12.4. The number of amides is 1. The summed E-state index contributed by atoms with van der Waals surface area (Å²) < 4.78 is 5.70. The lowest BCUT2D eigenvalue weighted by atomic mass is 10.1. The van der Waals surface area contributed by atoms with E-state index >= 15 is 0 Å². The highest BCUT2D eigenvalue weighted by molar-refractivity contribution is 7.10. The lowest BCUT2D eigenvalue weighted by Gasteiger charge is -2.29. The molecule has 3 heterocycles. The lowest BCUT2D eigenvalue weighted by molar-refractivity contribution is -0.112. The SMILES string of the molecule is C=C(Cl)C(=O)Nc1cc(Nc2ncc(Cl)c(N3CCc4sccc4C3)n2)c(OC)cc1N(C)CCN(C)C. The van der Waals surface area contributed by atoms with Crippen LogP contribution in [-0.2, 0) is 17.8 Å². The quantitative estimate of drug-likeness (QED) is 0.319. The Labute approximate surface area is 237 Å². The van der Waals surface area contributed by atoms with E-state index in [1.165, 1.54) is 10.4 Å². The predicted molar refractivity (Wildman–Crippen MR) is 158 cm³/mol. The number of aromatic nitrogens is 2. The molecular weight excluding hydrogens is 545 g/mol. The highest BCUT2D eigenvalue weighted by Crippen LogP contribution is 2.39. The molecule has 4 rings (SSSR count). The smallest absolute Gasteiger partial charge is 0.266 e. The van der Waals surface area contributed by atoms with Gasteiger partial charge in [0.1, 0.15) is 10.8 Å². The second-order valence-electron chi connectivity index (χ2n) is 9.18. The highest BCUT2D eigenvalue weighted by Gasteiger charge is 2.22. The summed E-state index contributed by atoms with van der Waals surface area (Å²) in [5.74, 6) is 1.08. The fourth-order valence-electron chi connectivity index (χ4n) is 4.10. The van der Waals surface area contributed by atoms with Crippen molar-refractivity contribution in [2.75, 3.05) is 68.3 Å². The lowest BCUT2D eigenvalue weighted by Crippen LogP contribution is -2.30. The molecule has 0 fully saturated rings. The van der Waals surface area contributed by atoms with Crippen LogP contribution in [-0.4, -0.2) is 68.7 Å². The Morgan fingerprint density at radius 1 is 1.26 bits per heavy atom. The van der Waals surface area contributed by atoms with Crippen molar-refractivity contribution in [2.24, 2.45) is 0 Å². The monoisotopic (exact) mass is 575 g/mol. The van der Waals surface area contributed by atoms with Gasteiger partial charge in [-0.25, -0.2) is 4.98 Å². The first kappa shape index (κ1) is 28.0. The number of hydrogen-bond donors (Lipinski definition) is 2. The largest absolute Gasteiger partial charge is 0.494 e. The van der Waals surface area contributed by atoms with Gasteiger partial charge in [0.15, 0.2) is 5.82 Å². The van der Waals surface area contributed by atoms with Gasteiger partial charge in [-0.2, -0.15) is 4.98 Å². The Morgan fingerprint density at radius 3 is 2.76 bits per heavy atom. The van der Waals surface area contributed by atoms with E-state index < -0.39 is 5.91 Å². The highest BCUT2D eigenvalue weighted by atomic mass is 35.5. The van der Waals surface area contributed by atoms with Crippen molar-refractivity contribution in [3.8, 4) is 5.75 Å². The molecule has 0 radical (unpaired) electrons. The molecule has 1 aliphatic rings. The number of carbonyl (C=O) groups excluding carboxylic acids is 1. The maximum atomic E-state index is 12.4. The van der Waals surface area contributed by atoms with Gasteiger partial charge in [0, 0.05) is 44.2 Å². The van der Waals surface area contributed by atoms with E-state index in [4.69, 9.17) is 32.9 Å². The molecule has 3 aromatic rings. The summed E-state index contributed by atoms with van der Waals surface area (Å²) in [6, 6.07) is 5.77. The van der Waals surface area contributed by atoms with Crippen LogP contribution in [0.15, 0.2) is 41.4 Å². The van der Waals surface area contributed by atoms with Crippen molar-refractivity contribution in [1.82, 2.24) is 14.9 Å². The Morgan fingerprint density at radius 2 is 2.05 bits per heavy atom. The van der Waals surface area contributed by atoms with E-state index in [0.29, 0.717) is 33.9 Å².